The van der Waals surface area contributed by atoms with Gasteiger partial charge in [-0.2, -0.15) is 0 Å². The van der Waals surface area contributed by atoms with Crippen molar-refractivity contribution in [2.75, 3.05) is 26.4 Å². The fraction of sp³-hybridized carbons (Fsp3) is 0.667. The highest BCUT2D eigenvalue weighted by molar-refractivity contribution is 7.10. The molecule has 0 saturated carbocycles. The molecule has 0 radical (unpaired) electrons. The normalized spacial score (nSPS) is 18.9. The highest BCUT2D eigenvalue weighted by Crippen LogP contribution is 2.15. The minimum atomic E-state index is -0.0463. The van der Waals surface area contributed by atoms with Crippen molar-refractivity contribution in [1.82, 2.24) is 5.32 Å². The quantitative estimate of drug-likeness (QED) is 0.840. The summed E-state index contributed by atoms with van der Waals surface area (Å²) in [4.78, 5) is 13.0. The van der Waals surface area contributed by atoms with E-state index in [0.29, 0.717) is 13.2 Å². The van der Waals surface area contributed by atoms with E-state index < -0.39 is 0 Å². The van der Waals surface area contributed by atoms with Crippen molar-refractivity contribution >= 4 is 17.2 Å². The van der Waals surface area contributed by atoms with Crippen LogP contribution in [-0.4, -0.2) is 38.4 Å². The van der Waals surface area contributed by atoms with Crippen LogP contribution in [0, 0.1) is 6.92 Å². The molecule has 1 unspecified atom stereocenters. The number of thiophene rings is 1. The smallest absolute Gasteiger partial charge is 0.246 e. The lowest BCUT2D eigenvalue weighted by atomic mass is 10.1. The zero-order chi connectivity index (χ0) is 14.2. The molecule has 1 saturated heterocycles. The van der Waals surface area contributed by atoms with E-state index in [0.717, 1.165) is 25.9 Å². The van der Waals surface area contributed by atoms with Crippen molar-refractivity contribution in [3.8, 4) is 0 Å². The molecule has 0 aromatic carbocycles. The van der Waals surface area contributed by atoms with Gasteiger partial charge in [-0.3, -0.25) is 4.79 Å². The van der Waals surface area contributed by atoms with Crippen molar-refractivity contribution in [3.05, 3.63) is 21.9 Å². The van der Waals surface area contributed by atoms with Crippen LogP contribution in [0.4, 0.5) is 0 Å². The summed E-state index contributed by atoms with van der Waals surface area (Å²) in [6.45, 7) is 4.24. The number of hydrogen-bond donors (Lipinski definition) is 1. The van der Waals surface area contributed by atoms with Gasteiger partial charge in [-0.25, -0.2) is 0 Å². The van der Waals surface area contributed by atoms with Crippen LogP contribution in [0.2, 0.25) is 0 Å². The van der Waals surface area contributed by atoms with Gasteiger partial charge in [-0.05, 0) is 49.6 Å². The summed E-state index contributed by atoms with van der Waals surface area (Å²) >= 11 is 1.74. The third-order valence-electron chi connectivity index (χ3n) is 3.45. The van der Waals surface area contributed by atoms with Crippen LogP contribution < -0.4 is 5.32 Å². The van der Waals surface area contributed by atoms with E-state index in [-0.39, 0.29) is 18.6 Å². The number of ether oxygens (including phenoxy) is 2. The molecule has 1 amide bonds. The van der Waals surface area contributed by atoms with Gasteiger partial charge in [0, 0.05) is 18.0 Å². The fourth-order valence-corrected chi connectivity index (χ4v) is 3.16. The maximum atomic E-state index is 11.6. The third kappa shape index (κ3) is 5.23. The highest BCUT2D eigenvalue weighted by Gasteiger charge is 2.14. The number of hydrogen-bond acceptors (Lipinski definition) is 4. The first-order chi connectivity index (χ1) is 9.75. The third-order valence-corrected chi connectivity index (χ3v) is 4.54. The Morgan fingerprint density at radius 1 is 1.55 bits per heavy atom. The second kappa shape index (κ2) is 8.39. The molecule has 1 atom stereocenters. The Balaban J connectivity index is 1.53. The maximum Gasteiger partial charge on any atom is 0.246 e. The van der Waals surface area contributed by atoms with Gasteiger partial charge in [-0.15, -0.1) is 11.3 Å². The van der Waals surface area contributed by atoms with Crippen molar-refractivity contribution in [3.63, 3.8) is 0 Å². The van der Waals surface area contributed by atoms with Crippen LogP contribution >= 0.6 is 11.3 Å². The molecule has 0 bridgehead atoms. The minimum absolute atomic E-state index is 0.0463. The monoisotopic (exact) mass is 297 g/mol. The second-order valence-electron chi connectivity index (χ2n) is 5.13. The number of nitrogens with one attached hydrogen (secondary N) is 1. The molecule has 2 rings (SSSR count). The van der Waals surface area contributed by atoms with E-state index in [1.807, 2.05) is 0 Å². The molecule has 0 aliphatic carbocycles. The first kappa shape index (κ1) is 15.5. The molecular formula is C15H23NO3S. The average molecular weight is 297 g/mol. The topological polar surface area (TPSA) is 47.6 Å². The number of amides is 1. The number of aryl methyl sites for hydroxylation is 1. The van der Waals surface area contributed by atoms with Gasteiger partial charge in [0.1, 0.15) is 6.61 Å². The number of carbonyl (C=O) groups is 1. The maximum absolute atomic E-state index is 11.6. The lowest BCUT2D eigenvalue weighted by Gasteiger charge is -2.22. The lowest BCUT2D eigenvalue weighted by Crippen LogP contribution is -2.32. The van der Waals surface area contributed by atoms with E-state index in [4.69, 9.17) is 9.47 Å². The van der Waals surface area contributed by atoms with Crippen molar-refractivity contribution < 1.29 is 14.3 Å². The molecule has 1 aromatic rings. The summed E-state index contributed by atoms with van der Waals surface area (Å²) in [5.41, 5.74) is 1.30. The van der Waals surface area contributed by atoms with E-state index in [2.05, 4.69) is 23.7 Å². The van der Waals surface area contributed by atoms with Gasteiger partial charge in [0.05, 0.1) is 12.7 Å². The summed E-state index contributed by atoms with van der Waals surface area (Å²) in [6, 6.07) is 2.11. The van der Waals surface area contributed by atoms with Gasteiger partial charge in [0.25, 0.3) is 0 Å². The Labute approximate surface area is 124 Å². The van der Waals surface area contributed by atoms with Gasteiger partial charge in [-0.1, -0.05) is 0 Å². The molecule has 5 heteroatoms. The molecule has 0 spiro atoms. The first-order valence-corrected chi connectivity index (χ1v) is 8.12. The molecule has 1 aromatic heterocycles. The van der Waals surface area contributed by atoms with Crippen molar-refractivity contribution in [2.45, 2.75) is 38.7 Å². The van der Waals surface area contributed by atoms with Crippen LogP contribution in [-0.2, 0) is 20.7 Å². The second-order valence-corrected chi connectivity index (χ2v) is 6.13. The highest BCUT2D eigenvalue weighted by atomic mass is 32.1. The van der Waals surface area contributed by atoms with Gasteiger partial charge in [0.2, 0.25) is 5.91 Å². The standard InChI is InChI=1S/C15H23NO3S/c1-12-6-9-20-14(12)5-7-16-15(17)11-18-10-13-4-2-3-8-19-13/h6,9,13H,2-5,7-8,10-11H2,1H3,(H,16,17). The molecule has 1 fully saturated rings. The molecular weight excluding hydrogens is 274 g/mol. The molecule has 20 heavy (non-hydrogen) atoms. The SMILES string of the molecule is Cc1ccsc1CCNC(=O)COCC1CCCCO1. The Bertz CT molecular complexity index is 413. The molecule has 2 heterocycles. The predicted octanol–water partition coefficient (Wildman–Crippen LogP) is 2.30. The van der Waals surface area contributed by atoms with Crippen molar-refractivity contribution in [1.29, 1.82) is 0 Å². The van der Waals surface area contributed by atoms with Crippen LogP contribution in [0.5, 0.6) is 0 Å². The Kier molecular flexibility index (Phi) is 6.50. The van der Waals surface area contributed by atoms with Gasteiger partial charge >= 0.3 is 0 Å². The molecule has 1 aliphatic rings. The summed E-state index contributed by atoms with van der Waals surface area (Å²) in [6.07, 6.45) is 4.44. The van der Waals surface area contributed by atoms with E-state index in [9.17, 15) is 4.79 Å². The van der Waals surface area contributed by atoms with Crippen LogP contribution in [0.3, 0.4) is 0 Å². The Morgan fingerprint density at radius 2 is 2.45 bits per heavy atom. The Morgan fingerprint density at radius 3 is 3.15 bits per heavy atom. The summed E-state index contributed by atoms with van der Waals surface area (Å²) in [7, 11) is 0. The van der Waals surface area contributed by atoms with Crippen LogP contribution in [0.25, 0.3) is 0 Å². The fourth-order valence-electron chi connectivity index (χ4n) is 2.25. The Hall–Kier alpha value is -0.910. The lowest BCUT2D eigenvalue weighted by molar-refractivity contribution is -0.127. The molecule has 1 N–H and O–H groups in total. The molecule has 1 aliphatic heterocycles. The van der Waals surface area contributed by atoms with Crippen molar-refractivity contribution in [2.24, 2.45) is 0 Å². The van der Waals surface area contributed by atoms with E-state index in [1.165, 1.54) is 16.9 Å². The zero-order valence-electron chi connectivity index (χ0n) is 12.0. The van der Waals surface area contributed by atoms with E-state index in [1.54, 1.807) is 11.3 Å². The first-order valence-electron chi connectivity index (χ1n) is 7.24. The summed E-state index contributed by atoms with van der Waals surface area (Å²) in [5, 5.41) is 4.97. The van der Waals surface area contributed by atoms with E-state index >= 15 is 0 Å². The summed E-state index contributed by atoms with van der Waals surface area (Å²) < 4.78 is 11.0. The van der Waals surface area contributed by atoms with Crippen LogP contribution in [0.1, 0.15) is 29.7 Å². The van der Waals surface area contributed by atoms with Gasteiger partial charge in [0.15, 0.2) is 0 Å². The molecule has 4 nitrogen and oxygen atoms in total. The molecule has 112 valence electrons. The largest absolute Gasteiger partial charge is 0.376 e. The summed E-state index contributed by atoms with van der Waals surface area (Å²) in [5.74, 6) is -0.0463. The number of carbonyl (C=O) groups excluding carboxylic acids is 1. The average Bonchev–Trinajstić information content (AvgIpc) is 2.86. The number of rotatable bonds is 7. The van der Waals surface area contributed by atoms with Gasteiger partial charge < -0.3 is 14.8 Å². The van der Waals surface area contributed by atoms with Crippen LogP contribution in [0.15, 0.2) is 11.4 Å². The zero-order valence-corrected chi connectivity index (χ0v) is 12.8. The predicted molar refractivity (Wildman–Crippen MR) is 80.2 cm³/mol. The minimum Gasteiger partial charge on any atom is -0.376 e.